The summed E-state index contributed by atoms with van der Waals surface area (Å²) < 4.78 is 5.43. The highest BCUT2D eigenvalue weighted by Crippen LogP contribution is 2.31. The number of nitrogens with zero attached hydrogens (tertiary/aromatic N) is 4. The van der Waals surface area contributed by atoms with E-state index in [0.717, 1.165) is 5.56 Å². The van der Waals surface area contributed by atoms with Crippen molar-refractivity contribution in [1.82, 2.24) is 19.8 Å². The van der Waals surface area contributed by atoms with E-state index >= 15 is 0 Å². The fourth-order valence-electron chi connectivity index (χ4n) is 4.60. The quantitative estimate of drug-likeness (QED) is 0.354. The average Bonchev–Trinajstić information content (AvgIpc) is 3.25. The van der Waals surface area contributed by atoms with E-state index in [9.17, 15) is 9.59 Å². The fraction of sp³-hybridized carbons (Fsp3) is 0.419. The molecule has 40 heavy (non-hydrogen) atoms. The molecule has 0 saturated heterocycles. The van der Waals surface area contributed by atoms with Gasteiger partial charge in [0.25, 0.3) is 5.91 Å². The van der Waals surface area contributed by atoms with Crippen LogP contribution in [0.25, 0.3) is 0 Å². The molecule has 4 rings (SSSR count). The molecule has 2 amide bonds. The standard InChI is InChI=1S/C31H40N6O3/c1-21(2)37-20-25-26(28(37)38)34-29(32-17-18-36(6)30(39)40-31(3,4)5)35-27(25)33-19-24(22-13-9-7-10-14-22)23-15-11-8-12-16-23/h7-16,21,24H,17-20H2,1-6H3,(H2,32,33,34,35). The Bertz CT molecular complexity index is 1270. The van der Waals surface area contributed by atoms with Gasteiger partial charge in [-0.1, -0.05) is 60.7 Å². The lowest BCUT2D eigenvalue weighted by molar-refractivity contribution is 0.0305. The van der Waals surface area contributed by atoms with Gasteiger partial charge in [-0.2, -0.15) is 4.98 Å². The Morgan fingerprint density at radius 3 is 2.15 bits per heavy atom. The molecule has 9 heteroatoms. The van der Waals surface area contributed by atoms with Crippen molar-refractivity contribution < 1.29 is 14.3 Å². The number of carbonyl (C=O) groups is 2. The van der Waals surface area contributed by atoms with Gasteiger partial charge in [0, 0.05) is 44.2 Å². The summed E-state index contributed by atoms with van der Waals surface area (Å²) in [5.74, 6) is 0.965. The van der Waals surface area contributed by atoms with E-state index in [1.807, 2.05) is 71.0 Å². The molecule has 212 valence electrons. The number of aromatic nitrogens is 2. The first-order valence-corrected chi connectivity index (χ1v) is 13.8. The molecule has 0 bridgehead atoms. The molecule has 0 saturated carbocycles. The van der Waals surface area contributed by atoms with E-state index in [-0.39, 0.29) is 17.9 Å². The molecular weight excluding hydrogens is 504 g/mol. The Balaban J connectivity index is 1.55. The lowest BCUT2D eigenvalue weighted by atomic mass is 9.91. The van der Waals surface area contributed by atoms with Crippen LogP contribution < -0.4 is 10.6 Å². The topological polar surface area (TPSA) is 99.7 Å². The van der Waals surface area contributed by atoms with E-state index in [1.54, 1.807) is 11.9 Å². The number of likely N-dealkylation sites (N-methyl/N-ethyl adjacent to an activating group) is 1. The first kappa shape index (κ1) is 28.9. The van der Waals surface area contributed by atoms with Gasteiger partial charge < -0.3 is 25.2 Å². The molecule has 0 spiro atoms. The van der Waals surface area contributed by atoms with E-state index in [4.69, 9.17) is 9.72 Å². The maximum absolute atomic E-state index is 13.2. The number of amides is 2. The number of anilines is 2. The molecule has 1 aliphatic heterocycles. The highest BCUT2D eigenvalue weighted by Gasteiger charge is 2.34. The second-order valence-corrected chi connectivity index (χ2v) is 11.3. The van der Waals surface area contributed by atoms with Gasteiger partial charge in [-0.3, -0.25) is 4.79 Å². The van der Waals surface area contributed by atoms with Crippen molar-refractivity contribution in [3.05, 3.63) is 83.0 Å². The maximum atomic E-state index is 13.2. The molecule has 1 aromatic heterocycles. The minimum absolute atomic E-state index is 0.0369. The van der Waals surface area contributed by atoms with E-state index in [2.05, 4.69) is 39.9 Å². The third-order valence-electron chi connectivity index (χ3n) is 6.74. The zero-order valence-electron chi connectivity index (χ0n) is 24.3. The van der Waals surface area contributed by atoms with Crippen LogP contribution in [0, 0.1) is 0 Å². The summed E-state index contributed by atoms with van der Waals surface area (Å²) in [7, 11) is 1.68. The molecule has 2 N–H and O–H groups in total. The Hall–Kier alpha value is -4.14. The van der Waals surface area contributed by atoms with E-state index < -0.39 is 11.7 Å². The lowest BCUT2D eigenvalue weighted by Gasteiger charge is -2.24. The molecule has 9 nitrogen and oxygen atoms in total. The summed E-state index contributed by atoms with van der Waals surface area (Å²) in [4.78, 5) is 38.2. The Labute approximate surface area is 237 Å². The van der Waals surface area contributed by atoms with Crippen molar-refractivity contribution >= 4 is 23.8 Å². The monoisotopic (exact) mass is 544 g/mol. The van der Waals surface area contributed by atoms with Crippen molar-refractivity contribution in [2.75, 3.05) is 37.3 Å². The van der Waals surface area contributed by atoms with E-state index in [1.165, 1.54) is 16.0 Å². The normalized spacial score (nSPS) is 13.0. The number of hydrogen-bond donors (Lipinski definition) is 2. The number of carbonyl (C=O) groups excluding carboxylic acids is 2. The smallest absolute Gasteiger partial charge is 0.410 e. The van der Waals surface area contributed by atoms with Crippen LogP contribution in [0.1, 0.15) is 67.7 Å². The highest BCUT2D eigenvalue weighted by molar-refractivity contribution is 5.98. The molecule has 0 aliphatic carbocycles. The summed E-state index contributed by atoms with van der Waals surface area (Å²) in [5, 5.41) is 6.75. The molecule has 2 heterocycles. The summed E-state index contributed by atoms with van der Waals surface area (Å²) in [6, 6.07) is 20.8. The Morgan fingerprint density at radius 2 is 1.60 bits per heavy atom. The number of fused-ring (bicyclic) bond motifs is 1. The zero-order valence-corrected chi connectivity index (χ0v) is 24.3. The van der Waals surface area contributed by atoms with Crippen LogP contribution in [0.3, 0.4) is 0 Å². The van der Waals surface area contributed by atoms with Crippen LogP contribution in [0.2, 0.25) is 0 Å². The predicted octanol–water partition coefficient (Wildman–Crippen LogP) is 5.36. The van der Waals surface area contributed by atoms with Gasteiger partial charge >= 0.3 is 6.09 Å². The van der Waals surface area contributed by atoms with Gasteiger partial charge in [0.2, 0.25) is 5.95 Å². The first-order valence-electron chi connectivity index (χ1n) is 13.8. The van der Waals surface area contributed by atoms with Crippen LogP contribution in [0.15, 0.2) is 60.7 Å². The number of nitrogens with one attached hydrogen (secondary N) is 2. The second-order valence-electron chi connectivity index (χ2n) is 11.3. The summed E-state index contributed by atoms with van der Waals surface area (Å²) >= 11 is 0. The van der Waals surface area contributed by atoms with Crippen LogP contribution >= 0.6 is 0 Å². The van der Waals surface area contributed by atoms with E-state index in [0.29, 0.717) is 43.6 Å². The van der Waals surface area contributed by atoms with Crippen molar-refractivity contribution in [1.29, 1.82) is 0 Å². The molecule has 0 atom stereocenters. The molecule has 2 aromatic carbocycles. The Kier molecular flexibility index (Phi) is 8.92. The first-order chi connectivity index (χ1) is 19.0. The molecule has 3 aromatic rings. The van der Waals surface area contributed by atoms with Crippen LogP contribution in [0.4, 0.5) is 16.6 Å². The van der Waals surface area contributed by atoms with Gasteiger partial charge in [-0.25, -0.2) is 9.78 Å². The SMILES string of the molecule is CC(C)N1Cc2c(NCC(c3ccccc3)c3ccccc3)nc(NCCN(C)C(=O)OC(C)(C)C)nc2C1=O. The number of rotatable bonds is 10. The molecule has 0 fully saturated rings. The van der Waals surface area contributed by atoms with Gasteiger partial charge in [0.1, 0.15) is 17.1 Å². The third kappa shape index (κ3) is 7.08. The van der Waals surface area contributed by atoms with Crippen LogP contribution in [0.5, 0.6) is 0 Å². The second kappa shape index (κ2) is 12.4. The van der Waals surface area contributed by atoms with Gasteiger partial charge in [-0.15, -0.1) is 0 Å². The molecule has 1 aliphatic rings. The van der Waals surface area contributed by atoms with Crippen molar-refractivity contribution in [3.63, 3.8) is 0 Å². The van der Waals surface area contributed by atoms with Gasteiger partial charge in [0.05, 0.1) is 6.54 Å². The van der Waals surface area contributed by atoms with Crippen LogP contribution in [-0.2, 0) is 11.3 Å². The van der Waals surface area contributed by atoms with Gasteiger partial charge in [-0.05, 0) is 45.7 Å². The number of hydrogen-bond acceptors (Lipinski definition) is 7. The van der Waals surface area contributed by atoms with Crippen LogP contribution in [-0.4, -0.2) is 70.1 Å². The van der Waals surface area contributed by atoms with Crippen molar-refractivity contribution in [2.45, 2.75) is 58.7 Å². The summed E-state index contributed by atoms with van der Waals surface area (Å²) in [6.07, 6.45) is -0.401. The average molecular weight is 545 g/mol. The van der Waals surface area contributed by atoms with Gasteiger partial charge in [0.15, 0.2) is 0 Å². The zero-order chi connectivity index (χ0) is 28.9. The fourth-order valence-corrected chi connectivity index (χ4v) is 4.60. The molecule has 0 radical (unpaired) electrons. The summed E-state index contributed by atoms with van der Waals surface area (Å²) in [6.45, 7) is 11.3. The molecule has 0 unspecified atom stereocenters. The summed E-state index contributed by atoms with van der Waals surface area (Å²) in [5.41, 5.74) is 3.02. The Morgan fingerprint density at radius 1 is 1.00 bits per heavy atom. The van der Waals surface area contributed by atoms with Crippen molar-refractivity contribution in [3.8, 4) is 0 Å². The van der Waals surface area contributed by atoms with Crippen molar-refractivity contribution in [2.24, 2.45) is 0 Å². The third-order valence-corrected chi connectivity index (χ3v) is 6.74. The largest absolute Gasteiger partial charge is 0.444 e. The number of ether oxygens (including phenoxy) is 1. The maximum Gasteiger partial charge on any atom is 0.410 e. The highest BCUT2D eigenvalue weighted by atomic mass is 16.6. The lowest BCUT2D eigenvalue weighted by Crippen LogP contribution is -2.36. The molecular formula is C31H40N6O3. The number of benzene rings is 2. The minimum atomic E-state index is -0.567. The predicted molar refractivity (Wildman–Crippen MR) is 158 cm³/mol. The minimum Gasteiger partial charge on any atom is -0.444 e.